The Balaban J connectivity index is 2.26. The molecule has 0 aliphatic carbocycles. The van der Waals surface area contributed by atoms with Gasteiger partial charge in [-0.3, -0.25) is 4.79 Å². The van der Waals surface area contributed by atoms with Gasteiger partial charge < -0.3 is 10.4 Å². The minimum absolute atomic E-state index is 0.00139. The first-order chi connectivity index (χ1) is 7.09. The van der Waals surface area contributed by atoms with E-state index in [1.807, 2.05) is 12.3 Å². The number of nitrogens with one attached hydrogen (secondary N) is 1. The molecule has 0 radical (unpaired) electrons. The third-order valence-electron chi connectivity index (χ3n) is 2.23. The average Bonchev–Trinajstić information content (AvgIpc) is 2.58. The molecule has 2 N–H and O–H groups in total. The van der Waals surface area contributed by atoms with E-state index in [0.717, 1.165) is 0 Å². The number of rotatable bonds is 5. The lowest BCUT2D eigenvalue weighted by Crippen LogP contribution is -2.23. The summed E-state index contributed by atoms with van der Waals surface area (Å²) in [5.74, 6) is 0.00139. The summed E-state index contributed by atoms with van der Waals surface area (Å²) < 4.78 is 0. The van der Waals surface area contributed by atoms with Crippen LogP contribution in [0, 0.1) is 6.92 Å². The first-order valence-electron chi connectivity index (χ1n) is 5.06. The number of amides is 1. The molecule has 0 aromatic carbocycles. The van der Waals surface area contributed by atoms with Crippen molar-refractivity contribution in [3.63, 3.8) is 0 Å². The average molecular weight is 227 g/mol. The van der Waals surface area contributed by atoms with Crippen molar-refractivity contribution in [3.8, 4) is 0 Å². The molecule has 1 rings (SSSR count). The molecule has 1 amide bonds. The van der Waals surface area contributed by atoms with Gasteiger partial charge in [0, 0.05) is 13.0 Å². The molecule has 1 unspecified atom stereocenters. The Morgan fingerprint density at radius 3 is 2.87 bits per heavy atom. The molecule has 0 saturated carbocycles. The monoisotopic (exact) mass is 227 g/mol. The largest absolute Gasteiger partial charge is 0.393 e. The van der Waals surface area contributed by atoms with Gasteiger partial charge in [0.25, 0.3) is 0 Å². The van der Waals surface area contributed by atoms with Gasteiger partial charge in [-0.05, 0) is 42.2 Å². The molecule has 15 heavy (non-hydrogen) atoms. The predicted molar refractivity (Wildman–Crippen MR) is 61.8 cm³/mol. The van der Waals surface area contributed by atoms with Gasteiger partial charge in [-0.2, -0.15) is 11.3 Å². The van der Waals surface area contributed by atoms with E-state index in [4.69, 9.17) is 5.11 Å². The fraction of sp³-hybridized carbons (Fsp3) is 0.545. The van der Waals surface area contributed by atoms with Gasteiger partial charge in [0.15, 0.2) is 0 Å². The molecule has 84 valence electrons. The molecule has 1 heterocycles. The zero-order valence-corrected chi connectivity index (χ0v) is 9.93. The number of thiophene rings is 1. The van der Waals surface area contributed by atoms with Crippen molar-refractivity contribution >= 4 is 17.2 Å². The molecule has 1 atom stereocenters. The molecule has 0 saturated heterocycles. The molecule has 3 nitrogen and oxygen atoms in total. The summed E-state index contributed by atoms with van der Waals surface area (Å²) in [6, 6.07) is 0. The summed E-state index contributed by atoms with van der Waals surface area (Å²) >= 11 is 1.64. The van der Waals surface area contributed by atoms with E-state index in [9.17, 15) is 4.79 Å². The van der Waals surface area contributed by atoms with Gasteiger partial charge in [0.2, 0.25) is 5.91 Å². The maximum atomic E-state index is 11.3. The fourth-order valence-electron chi connectivity index (χ4n) is 1.19. The van der Waals surface area contributed by atoms with Gasteiger partial charge in [0.05, 0.1) is 6.10 Å². The molecule has 0 spiro atoms. The van der Waals surface area contributed by atoms with Crippen molar-refractivity contribution in [3.05, 3.63) is 21.9 Å². The number of aliphatic hydroxyl groups excluding tert-OH is 1. The Morgan fingerprint density at radius 1 is 1.60 bits per heavy atom. The van der Waals surface area contributed by atoms with Crippen molar-refractivity contribution in [1.29, 1.82) is 0 Å². The number of aryl methyl sites for hydroxylation is 1. The number of hydrogen-bond donors (Lipinski definition) is 2. The zero-order valence-electron chi connectivity index (χ0n) is 9.12. The molecule has 0 bridgehead atoms. The molecule has 0 aliphatic rings. The Labute approximate surface area is 94.1 Å². The highest BCUT2D eigenvalue weighted by Crippen LogP contribution is 2.13. The van der Waals surface area contributed by atoms with Crippen LogP contribution in [0.1, 0.15) is 30.9 Å². The Bertz CT molecular complexity index is 320. The zero-order chi connectivity index (χ0) is 11.3. The molecule has 0 fully saturated rings. The summed E-state index contributed by atoms with van der Waals surface area (Å²) in [4.78, 5) is 11.3. The van der Waals surface area contributed by atoms with Crippen LogP contribution in [0.4, 0.5) is 0 Å². The lowest BCUT2D eigenvalue weighted by atomic mass is 10.2. The molecular weight excluding hydrogens is 210 g/mol. The molecule has 0 aliphatic heterocycles. The van der Waals surface area contributed by atoms with E-state index in [1.54, 1.807) is 18.3 Å². The summed E-state index contributed by atoms with van der Waals surface area (Å²) in [7, 11) is 0. The van der Waals surface area contributed by atoms with Crippen molar-refractivity contribution in [2.75, 3.05) is 0 Å². The molecule has 1 aromatic rings. The minimum Gasteiger partial charge on any atom is -0.393 e. The van der Waals surface area contributed by atoms with E-state index in [2.05, 4.69) is 10.7 Å². The molecule has 1 aromatic heterocycles. The highest BCUT2D eigenvalue weighted by Gasteiger charge is 2.05. The van der Waals surface area contributed by atoms with Crippen molar-refractivity contribution < 1.29 is 9.90 Å². The first kappa shape index (κ1) is 12.2. The summed E-state index contributed by atoms with van der Waals surface area (Å²) in [6.07, 6.45) is 0.508. The summed E-state index contributed by atoms with van der Waals surface area (Å²) in [5.41, 5.74) is 2.39. The minimum atomic E-state index is -0.404. The SMILES string of the molecule is Cc1cscc1CNC(=O)CCC(C)O. The smallest absolute Gasteiger partial charge is 0.220 e. The van der Waals surface area contributed by atoms with Gasteiger partial charge in [0.1, 0.15) is 0 Å². The summed E-state index contributed by atoms with van der Waals surface area (Å²) in [6.45, 7) is 4.32. The van der Waals surface area contributed by atoms with Crippen LogP contribution in [0.3, 0.4) is 0 Å². The van der Waals surface area contributed by atoms with E-state index < -0.39 is 6.10 Å². The van der Waals surface area contributed by atoms with Gasteiger partial charge in [-0.25, -0.2) is 0 Å². The van der Waals surface area contributed by atoms with E-state index >= 15 is 0 Å². The Kier molecular flexibility index (Phi) is 4.78. The second-order valence-corrected chi connectivity index (χ2v) is 4.49. The van der Waals surface area contributed by atoms with Crippen LogP contribution in [0.15, 0.2) is 10.8 Å². The third-order valence-corrected chi connectivity index (χ3v) is 3.14. The topological polar surface area (TPSA) is 49.3 Å². The molecule has 4 heteroatoms. The van der Waals surface area contributed by atoms with Gasteiger partial charge in [-0.1, -0.05) is 0 Å². The number of hydrogen-bond acceptors (Lipinski definition) is 3. The normalized spacial score (nSPS) is 12.5. The van der Waals surface area contributed by atoms with Gasteiger partial charge >= 0.3 is 0 Å². The first-order valence-corrected chi connectivity index (χ1v) is 6.00. The van der Waals surface area contributed by atoms with Crippen LogP contribution < -0.4 is 5.32 Å². The lowest BCUT2D eigenvalue weighted by Gasteiger charge is -2.06. The van der Waals surface area contributed by atoms with Gasteiger partial charge in [-0.15, -0.1) is 0 Å². The van der Waals surface area contributed by atoms with Crippen LogP contribution in [-0.4, -0.2) is 17.1 Å². The van der Waals surface area contributed by atoms with E-state index in [0.29, 0.717) is 19.4 Å². The second kappa shape index (κ2) is 5.88. The quantitative estimate of drug-likeness (QED) is 0.806. The Hall–Kier alpha value is -0.870. The predicted octanol–water partition coefficient (Wildman–Crippen LogP) is 1.83. The number of carbonyl (C=O) groups is 1. The van der Waals surface area contributed by atoms with Crippen molar-refractivity contribution in [2.45, 2.75) is 39.3 Å². The maximum absolute atomic E-state index is 11.3. The highest BCUT2D eigenvalue weighted by molar-refractivity contribution is 7.08. The lowest BCUT2D eigenvalue weighted by molar-refractivity contribution is -0.121. The van der Waals surface area contributed by atoms with Crippen LogP contribution in [0.25, 0.3) is 0 Å². The summed E-state index contributed by atoms with van der Waals surface area (Å²) in [5, 5.41) is 16.0. The fourth-order valence-corrected chi connectivity index (χ4v) is 2.05. The van der Waals surface area contributed by atoms with Crippen LogP contribution in [0.2, 0.25) is 0 Å². The van der Waals surface area contributed by atoms with E-state index in [-0.39, 0.29) is 5.91 Å². The maximum Gasteiger partial charge on any atom is 0.220 e. The number of carbonyl (C=O) groups excluding carboxylic acids is 1. The number of aliphatic hydroxyl groups is 1. The third kappa shape index (κ3) is 4.44. The van der Waals surface area contributed by atoms with Crippen LogP contribution in [0.5, 0.6) is 0 Å². The second-order valence-electron chi connectivity index (χ2n) is 3.74. The van der Waals surface area contributed by atoms with Crippen LogP contribution >= 0.6 is 11.3 Å². The standard InChI is InChI=1S/C11H17NO2S/c1-8-6-15-7-10(8)5-12-11(14)4-3-9(2)13/h6-7,9,13H,3-5H2,1-2H3,(H,12,14). The van der Waals surface area contributed by atoms with Crippen molar-refractivity contribution in [1.82, 2.24) is 5.32 Å². The van der Waals surface area contributed by atoms with Crippen molar-refractivity contribution in [2.24, 2.45) is 0 Å². The highest BCUT2D eigenvalue weighted by atomic mass is 32.1. The van der Waals surface area contributed by atoms with Crippen LogP contribution in [-0.2, 0) is 11.3 Å². The van der Waals surface area contributed by atoms with E-state index in [1.165, 1.54) is 11.1 Å². The molecular formula is C11H17NO2S. The Morgan fingerprint density at radius 2 is 2.33 bits per heavy atom.